The third-order valence-electron chi connectivity index (χ3n) is 3.07. The summed E-state index contributed by atoms with van der Waals surface area (Å²) in [7, 11) is -2.75. The van der Waals surface area contributed by atoms with Crippen LogP contribution < -0.4 is 0 Å². The Morgan fingerprint density at radius 3 is 2.58 bits per heavy atom. The minimum atomic E-state index is -2.75. The van der Waals surface area contributed by atoms with Crippen molar-refractivity contribution < 1.29 is 8.42 Å². The van der Waals surface area contributed by atoms with E-state index in [9.17, 15) is 8.42 Å². The molecule has 0 radical (unpaired) electrons. The maximum absolute atomic E-state index is 11.6. The molecule has 0 aromatic rings. The van der Waals surface area contributed by atoms with Gasteiger partial charge in [0.05, 0.1) is 11.0 Å². The van der Waals surface area contributed by atoms with Gasteiger partial charge in [-0.05, 0) is 17.1 Å². The Morgan fingerprint density at radius 2 is 2.00 bits per heavy atom. The molecule has 0 N–H and O–H groups in total. The molecule has 2 heterocycles. The lowest BCUT2D eigenvalue weighted by molar-refractivity contribution is 0.302. The summed E-state index contributed by atoms with van der Waals surface area (Å²) >= 11 is 1.79. The van der Waals surface area contributed by atoms with Crippen molar-refractivity contribution in [1.82, 2.24) is 0 Å². The first-order valence-electron chi connectivity index (χ1n) is 4.23. The molecule has 2 fully saturated rings. The van der Waals surface area contributed by atoms with Crippen molar-refractivity contribution in [3.63, 3.8) is 0 Å². The highest BCUT2D eigenvalue weighted by Crippen LogP contribution is 2.48. The van der Waals surface area contributed by atoms with E-state index in [1.54, 1.807) is 11.8 Å². The zero-order valence-electron chi connectivity index (χ0n) is 7.41. The van der Waals surface area contributed by atoms with Crippen LogP contribution in [0.5, 0.6) is 0 Å². The van der Waals surface area contributed by atoms with Crippen LogP contribution in [0, 0.1) is 11.3 Å². The Labute approximate surface area is 78.0 Å². The SMILES string of the molecule is CC1(C)CS(=O)(=O)C2CSCC21. The summed E-state index contributed by atoms with van der Waals surface area (Å²) in [4.78, 5) is 0. The molecule has 0 aromatic carbocycles. The summed E-state index contributed by atoms with van der Waals surface area (Å²) in [6, 6.07) is 0. The minimum absolute atomic E-state index is 0.0208. The highest BCUT2D eigenvalue weighted by Gasteiger charge is 2.53. The van der Waals surface area contributed by atoms with Crippen molar-refractivity contribution in [2.24, 2.45) is 11.3 Å². The van der Waals surface area contributed by atoms with Crippen LogP contribution in [-0.2, 0) is 9.84 Å². The molecule has 2 atom stereocenters. The van der Waals surface area contributed by atoms with Crippen LogP contribution in [0.25, 0.3) is 0 Å². The molecule has 2 aliphatic heterocycles. The summed E-state index contributed by atoms with van der Waals surface area (Å²) in [5, 5.41) is -0.0301. The lowest BCUT2D eigenvalue weighted by Crippen LogP contribution is -2.25. The lowest BCUT2D eigenvalue weighted by atomic mass is 9.81. The number of sulfone groups is 1. The van der Waals surface area contributed by atoms with Gasteiger partial charge in [-0.15, -0.1) is 0 Å². The molecule has 70 valence electrons. The molecule has 2 nitrogen and oxygen atoms in total. The summed E-state index contributed by atoms with van der Waals surface area (Å²) < 4.78 is 23.3. The van der Waals surface area contributed by atoms with E-state index in [1.165, 1.54) is 0 Å². The molecule has 2 aliphatic rings. The van der Waals surface area contributed by atoms with E-state index < -0.39 is 9.84 Å². The van der Waals surface area contributed by atoms with Gasteiger partial charge in [-0.1, -0.05) is 13.8 Å². The molecular weight excluding hydrogens is 192 g/mol. The van der Waals surface area contributed by atoms with Gasteiger partial charge in [0.2, 0.25) is 0 Å². The normalized spacial score (nSPS) is 42.8. The maximum Gasteiger partial charge on any atom is 0.154 e. The van der Waals surface area contributed by atoms with Crippen molar-refractivity contribution in [1.29, 1.82) is 0 Å². The van der Waals surface area contributed by atoms with Crippen molar-refractivity contribution in [3.05, 3.63) is 0 Å². The van der Waals surface area contributed by atoms with Crippen LogP contribution in [0.1, 0.15) is 13.8 Å². The Morgan fingerprint density at radius 1 is 1.33 bits per heavy atom. The summed E-state index contributed by atoms with van der Waals surface area (Å²) in [5.74, 6) is 2.68. The number of hydrogen-bond donors (Lipinski definition) is 0. The number of rotatable bonds is 0. The molecule has 12 heavy (non-hydrogen) atoms. The first kappa shape index (κ1) is 8.88. The van der Waals surface area contributed by atoms with E-state index in [2.05, 4.69) is 13.8 Å². The molecule has 0 aromatic heterocycles. The third kappa shape index (κ3) is 1.11. The predicted molar refractivity (Wildman–Crippen MR) is 52.2 cm³/mol. The highest BCUT2D eigenvalue weighted by molar-refractivity contribution is 8.01. The fourth-order valence-electron chi connectivity index (χ4n) is 2.35. The van der Waals surface area contributed by atoms with Gasteiger partial charge in [-0.3, -0.25) is 0 Å². The van der Waals surface area contributed by atoms with E-state index in [4.69, 9.17) is 0 Å². The molecule has 2 rings (SSSR count). The van der Waals surface area contributed by atoms with Crippen molar-refractivity contribution in [3.8, 4) is 0 Å². The molecule has 2 saturated heterocycles. The zero-order chi connectivity index (χ0) is 8.98. The van der Waals surface area contributed by atoms with Crippen molar-refractivity contribution >= 4 is 21.6 Å². The number of fused-ring (bicyclic) bond motifs is 1. The monoisotopic (exact) mass is 206 g/mol. The molecule has 0 saturated carbocycles. The van der Waals surface area contributed by atoms with Gasteiger partial charge in [-0.25, -0.2) is 8.42 Å². The first-order valence-corrected chi connectivity index (χ1v) is 7.10. The molecule has 0 amide bonds. The molecule has 2 unspecified atom stereocenters. The molecule has 4 heteroatoms. The lowest BCUT2D eigenvalue weighted by Gasteiger charge is -2.22. The zero-order valence-corrected chi connectivity index (χ0v) is 9.04. The van der Waals surface area contributed by atoms with Gasteiger partial charge in [0.15, 0.2) is 9.84 Å². The summed E-state index contributed by atoms with van der Waals surface area (Å²) in [6.07, 6.45) is 0. The first-order chi connectivity index (χ1) is 5.43. The topological polar surface area (TPSA) is 34.1 Å². The van der Waals surface area contributed by atoms with E-state index in [0.717, 1.165) is 11.5 Å². The number of hydrogen-bond acceptors (Lipinski definition) is 3. The van der Waals surface area contributed by atoms with Gasteiger partial charge in [-0.2, -0.15) is 11.8 Å². The second-order valence-corrected chi connectivity index (χ2v) is 7.77. The van der Waals surface area contributed by atoms with Crippen molar-refractivity contribution in [2.75, 3.05) is 17.3 Å². The van der Waals surface area contributed by atoms with Gasteiger partial charge in [0, 0.05) is 5.75 Å². The standard InChI is InChI=1S/C8H14O2S2/c1-8(2)5-12(9,10)7-4-11-3-6(7)8/h6-7H,3-5H2,1-2H3. The molecule has 0 spiro atoms. The second kappa shape index (κ2) is 2.41. The molecule has 0 aliphatic carbocycles. The van der Waals surface area contributed by atoms with Crippen LogP contribution >= 0.6 is 11.8 Å². The van der Waals surface area contributed by atoms with E-state index in [1.807, 2.05) is 0 Å². The highest BCUT2D eigenvalue weighted by atomic mass is 32.2. The van der Waals surface area contributed by atoms with E-state index >= 15 is 0 Å². The van der Waals surface area contributed by atoms with Gasteiger partial charge < -0.3 is 0 Å². The fourth-order valence-corrected chi connectivity index (χ4v) is 7.56. The summed E-state index contributed by atoms with van der Waals surface area (Å²) in [6.45, 7) is 4.17. The largest absolute Gasteiger partial charge is 0.228 e. The maximum atomic E-state index is 11.6. The van der Waals surface area contributed by atoms with Crippen molar-refractivity contribution in [2.45, 2.75) is 19.1 Å². The average molecular weight is 206 g/mol. The van der Waals surface area contributed by atoms with Gasteiger partial charge >= 0.3 is 0 Å². The smallest absolute Gasteiger partial charge is 0.154 e. The average Bonchev–Trinajstić information content (AvgIpc) is 2.34. The van der Waals surface area contributed by atoms with Crippen LogP contribution in [0.15, 0.2) is 0 Å². The van der Waals surface area contributed by atoms with Crippen LogP contribution in [0.2, 0.25) is 0 Å². The minimum Gasteiger partial charge on any atom is -0.228 e. The quantitative estimate of drug-likeness (QED) is 0.597. The number of thioether (sulfide) groups is 1. The predicted octanol–water partition coefficient (Wildman–Crippen LogP) is 1.17. The van der Waals surface area contributed by atoms with Crippen LogP contribution in [0.3, 0.4) is 0 Å². The molecular formula is C8H14O2S2. The molecule has 0 bridgehead atoms. The third-order valence-corrected chi connectivity index (χ3v) is 7.03. The van der Waals surface area contributed by atoms with E-state index in [0.29, 0.717) is 11.7 Å². The Bertz CT molecular complexity index is 292. The Balaban J connectivity index is 2.42. The van der Waals surface area contributed by atoms with Crippen LogP contribution in [0.4, 0.5) is 0 Å². The fraction of sp³-hybridized carbons (Fsp3) is 1.00. The Kier molecular flexibility index (Phi) is 1.78. The van der Waals surface area contributed by atoms with Gasteiger partial charge in [0.25, 0.3) is 0 Å². The Hall–Kier alpha value is 0.300. The van der Waals surface area contributed by atoms with Crippen LogP contribution in [-0.4, -0.2) is 30.9 Å². The second-order valence-electron chi connectivity index (χ2n) is 4.48. The van der Waals surface area contributed by atoms with Gasteiger partial charge in [0.1, 0.15) is 0 Å². The van der Waals surface area contributed by atoms with E-state index in [-0.39, 0.29) is 10.7 Å². The summed E-state index contributed by atoms with van der Waals surface area (Å²) in [5.41, 5.74) is 0.0208.